The zero-order valence-electron chi connectivity index (χ0n) is 18.2. The second-order valence-corrected chi connectivity index (χ2v) is 8.35. The number of carbonyl (C=O) groups is 1. The molecule has 3 aliphatic rings. The molecule has 1 aliphatic heterocycles. The van der Waals surface area contributed by atoms with Gasteiger partial charge in [-0.25, -0.2) is 4.79 Å². The molecule has 2 atom stereocenters. The first-order valence-electron chi connectivity index (χ1n) is 11.2. The normalized spacial score (nSPS) is 27.0. The van der Waals surface area contributed by atoms with Crippen molar-refractivity contribution in [2.75, 3.05) is 33.4 Å². The first-order chi connectivity index (χ1) is 13.6. The zero-order valence-corrected chi connectivity index (χ0v) is 20.6. The van der Waals surface area contributed by atoms with E-state index in [0.717, 1.165) is 44.9 Å². The highest BCUT2D eigenvalue weighted by Crippen LogP contribution is 2.53. The van der Waals surface area contributed by atoms with Crippen molar-refractivity contribution >= 4 is 36.0 Å². The van der Waals surface area contributed by atoms with E-state index in [2.05, 4.69) is 22.5 Å². The largest absolute Gasteiger partial charge is 0.450 e. The minimum Gasteiger partial charge on any atom is -0.450 e. The summed E-state index contributed by atoms with van der Waals surface area (Å²) in [7, 11) is 1.84. The maximum absolute atomic E-state index is 11.9. The highest BCUT2D eigenvalue weighted by atomic mass is 127. The quantitative estimate of drug-likeness (QED) is 0.329. The molecule has 168 valence electrons. The molecule has 0 aromatic heterocycles. The van der Waals surface area contributed by atoms with Crippen molar-refractivity contribution in [2.45, 2.75) is 83.4 Å². The minimum absolute atomic E-state index is 0. The minimum atomic E-state index is -0.195. The lowest BCUT2D eigenvalue weighted by molar-refractivity contribution is -0.145. The molecule has 2 aliphatic carbocycles. The highest BCUT2D eigenvalue weighted by molar-refractivity contribution is 14.0. The van der Waals surface area contributed by atoms with Crippen LogP contribution >= 0.6 is 24.0 Å². The van der Waals surface area contributed by atoms with Crippen molar-refractivity contribution in [3.63, 3.8) is 0 Å². The average Bonchev–Trinajstić information content (AvgIpc) is 2.73. The van der Waals surface area contributed by atoms with Gasteiger partial charge in [0.25, 0.3) is 0 Å². The van der Waals surface area contributed by atoms with E-state index in [1.807, 2.05) is 14.0 Å². The summed E-state index contributed by atoms with van der Waals surface area (Å²) >= 11 is 0. The molecule has 2 N–H and O–H groups in total. The molecule has 0 bridgehead atoms. The van der Waals surface area contributed by atoms with Gasteiger partial charge in [0.1, 0.15) is 0 Å². The van der Waals surface area contributed by atoms with Crippen LogP contribution in [0.5, 0.6) is 0 Å². The summed E-state index contributed by atoms with van der Waals surface area (Å²) in [5.74, 6) is 0.888. The lowest BCUT2D eigenvalue weighted by Gasteiger charge is -2.58. The Morgan fingerprint density at radius 1 is 1.10 bits per heavy atom. The maximum atomic E-state index is 11.9. The number of halogens is 1. The molecule has 1 heterocycles. The smallest absolute Gasteiger partial charge is 0.409 e. The lowest BCUT2D eigenvalue weighted by atomic mass is 9.55. The Morgan fingerprint density at radius 2 is 1.79 bits per heavy atom. The van der Waals surface area contributed by atoms with E-state index in [0.29, 0.717) is 24.8 Å². The first kappa shape index (κ1) is 24.5. The molecule has 1 amide bonds. The van der Waals surface area contributed by atoms with E-state index in [1.165, 1.54) is 32.1 Å². The van der Waals surface area contributed by atoms with Gasteiger partial charge in [0.15, 0.2) is 5.96 Å². The second-order valence-electron chi connectivity index (χ2n) is 8.35. The van der Waals surface area contributed by atoms with Crippen LogP contribution in [-0.2, 0) is 9.47 Å². The fourth-order valence-electron chi connectivity index (χ4n) is 5.22. The number of piperidine rings is 1. The Labute approximate surface area is 192 Å². The molecular weight excluding hydrogens is 483 g/mol. The zero-order chi connectivity index (χ0) is 20.0. The monoisotopic (exact) mass is 522 g/mol. The van der Waals surface area contributed by atoms with Crippen LogP contribution in [0.25, 0.3) is 0 Å². The fraction of sp³-hybridized carbons (Fsp3) is 0.905. The van der Waals surface area contributed by atoms with Gasteiger partial charge in [-0.1, -0.05) is 19.3 Å². The molecule has 0 radical (unpaired) electrons. The standard InChI is InChI=1S/C21H38N4O3.HI/c1-4-27-18-15-17(21(18)11-7-6-8-12-21)24-19(22-3)23-16-9-13-25(14-10-16)20(26)28-5-2;/h16-18H,4-15H2,1-3H3,(H2,22,23,24);1H. The van der Waals surface area contributed by atoms with Crippen LogP contribution in [0.3, 0.4) is 0 Å². The van der Waals surface area contributed by atoms with Crippen molar-refractivity contribution in [2.24, 2.45) is 10.4 Å². The van der Waals surface area contributed by atoms with E-state index in [4.69, 9.17) is 9.47 Å². The number of nitrogens with one attached hydrogen (secondary N) is 2. The van der Waals surface area contributed by atoms with E-state index in [9.17, 15) is 4.79 Å². The van der Waals surface area contributed by atoms with Crippen molar-refractivity contribution in [3.8, 4) is 0 Å². The summed E-state index contributed by atoms with van der Waals surface area (Å²) in [6.45, 7) is 6.63. The van der Waals surface area contributed by atoms with Gasteiger partial charge in [0, 0.05) is 44.2 Å². The number of guanidine groups is 1. The van der Waals surface area contributed by atoms with Gasteiger partial charge in [-0.05, 0) is 46.0 Å². The van der Waals surface area contributed by atoms with Crippen LogP contribution in [-0.4, -0.2) is 68.5 Å². The molecule has 2 unspecified atom stereocenters. The number of nitrogens with zero attached hydrogens (tertiary/aromatic N) is 2. The Kier molecular flexibility index (Phi) is 9.78. The van der Waals surface area contributed by atoms with Crippen LogP contribution in [0.2, 0.25) is 0 Å². The highest BCUT2D eigenvalue weighted by Gasteiger charge is 2.55. The number of hydrogen-bond acceptors (Lipinski definition) is 4. The van der Waals surface area contributed by atoms with E-state index in [1.54, 1.807) is 4.90 Å². The fourth-order valence-corrected chi connectivity index (χ4v) is 5.22. The second kappa shape index (κ2) is 11.6. The number of aliphatic imine (C=N–C) groups is 1. The number of likely N-dealkylation sites (tertiary alicyclic amines) is 1. The van der Waals surface area contributed by atoms with Crippen LogP contribution in [0.15, 0.2) is 4.99 Å². The lowest BCUT2D eigenvalue weighted by Crippen LogP contribution is -2.67. The van der Waals surface area contributed by atoms with Crippen LogP contribution in [0, 0.1) is 5.41 Å². The molecule has 3 fully saturated rings. The van der Waals surface area contributed by atoms with Crippen LogP contribution in [0.1, 0.15) is 65.2 Å². The number of carbonyl (C=O) groups excluding carboxylic acids is 1. The van der Waals surface area contributed by atoms with Crippen molar-refractivity contribution < 1.29 is 14.3 Å². The van der Waals surface area contributed by atoms with Crippen molar-refractivity contribution in [1.82, 2.24) is 15.5 Å². The summed E-state index contributed by atoms with van der Waals surface area (Å²) in [5, 5.41) is 7.29. The van der Waals surface area contributed by atoms with E-state index < -0.39 is 0 Å². The predicted molar refractivity (Wildman–Crippen MR) is 126 cm³/mol. The number of ether oxygens (including phenoxy) is 2. The summed E-state index contributed by atoms with van der Waals surface area (Å²) in [6.07, 6.45) is 9.55. The van der Waals surface area contributed by atoms with Crippen LogP contribution < -0.4 is 10.6 Å². The van der Waals surface area contributed by atoms with E-state index >= 15 is 0 Å². The Balaban J connectivity index is 0.00000300. The molecule has 1 spiro atoms. The Hall–Kier alpha value is -0.770. The first-order valence-corrected chi connectivity index (χ1v) is 11.2. The molecule has 8 heteroatoms. The van der Waals surface area contributed by atoms with Gasteiger partial charge in [0.05, 0.1) is 12.7 Å². The third-order valence-corrected chi connectivity index (χ3v) is 6.83. The number of amides is 1. The summed E-state index contributed by atoms with van der Waals surface area (Å²) in [5.41, 5.74) is 0.277. The van der Waals surface area contributed by atoms with Crippen molar-refractivity contribution in [3.05, 3.63) is 0 Å². The molecule has 2 saturated carbocycles. The molecule has 29 heavy (non-hydrogen) atoms. The van der Waals surface area contributed by atoms with Gasteiger partial charge >= 0.3 is 6.09 Å². The Morgan fingerprint density at radius 3 is 2.38 bits per heavy atom. The SMILES string of the molecule is CCOC(=O)N1CCC(NC(=NC)NC2CC(OCC)C23CCCCC3)CC1.I. The number of rotatable bonds is 5. The molecule has 3 rings (SSSR count). The number of hydrogen-bond donors (Lipinski definition) is 2. The molecule has 0 aromatic rings. The predicted octanol–water partition coefficient (Wildman–Crippen LogP) is 3.52. The Bertz CT molecular complexity index is 546. The summed E-state index contributed by atoms with van der Waals surface area (Å²) in [6, 6.07) is 0.775. The topological polar surface area (TPSA) is 75.2 Å². The third-order valence-electron chi connectivity index (χ3n) is 6.83. The molecule has 7 nitrogen and oxygen atoms in total. The van der Waals surface area contributed by atoms with Gasteiger partial charge in [-0.15, -0.1) is 24.0 Å². The molecule has 1 saturated heterocycles. The molecule has 0 aromatic carbocycles. The van der Waals surface area contributed by atoms with Crippen molar-refractivity contribution in [1.29, 1.82) is 0 Å². The van der Waals surface area contributed by atoms with Crippen LogP contribution in [0.4, 0.5) is 4.79 Å². The van der Waals surface area contributed by atoms with Gasteiger partial charge in [-0.3, -0.25) is 4.99 Å². The summed E-state index contributed by atoms with van der Waals surface area (Å²) in [4.78, 5) is 18.2. The molecular formula is C21H39IN4O3. The van der Waals surface area contributed by atoms with Gasteiger partial charge in [-0.2, -0.15) is 0 Å². The van der Waals surface area contributed by atoms with E-state index in [-0.39, 0.29) is 35.5 Å². The average molecular weight is 522 g/mol. The van der Waals surface area contributed by atoms with Gasteiger partial charge < -0.3 is 25.0 Å². The third kappa shape index (κ3) is 5.68. The summed E-state index contributed by atoms with van der Waals surface area (Å²) < 4.78 is 11.2. The van der Waals surface area contributed by atoms with Gasteiger partial charge in [0.2, 0.25) is 0 Å². The maximum Gasteiger partial charge on any atom is 0.409 e.